The van der Waals surface area contributed by atoms with Crippen molar-refractivity contribution in [3.8, 4) is 0 Å². The quantitative estimate of drug-likeness (QED) is 0.654. The molecule has 0 saturated heterocycles. The summed E-state index contributed by atoms with van der Waals surface area (Å²) in [7, 11) is 0. The molecule has 4 rings (SSSR count). The van der Waals surface area contributed by atoms with Gasteiger partial charge in [-0.05, 0) is 80.3 Å². The van der Waals surface area contributed by atoms with E-state index in [1.165, 1.54) is 12.5 Å². The molecule has 4 aliphatic rings. The third-order valence-electron chi connectivity index (χ3n) is 8.94. The second-order valence-corrected chi connectivity index (χ2v) is 10.1. The van der Waals surface area contributed by atoms with Crippen molar-refractivity contribution in [1.82, 2.24) is 0 Å². The molecule has 3 fully saturated rings. The summed E-state index contributed by atoms with van der Waals surface area (Å²) in [5.74, 6) is 1.10. The number of hydrogen-bond donors (Lipinski definition) is 0. The van der Waals surface area contributed by atoms with Crippen molar-refractivity contribution in [3.05, 3.63) is 23.8 Å². The van der Waals surface area contributed by atoms with Crippen molar-refractivity contribution >= 4 is 17.5 Å². The van der Waals surface area contributed by atoms with Gasteiger partial charge in [0, 0.05) is 18.8 Å². The van der Waals surface area contributed by atoms with E-state index in [0.29, 0.717) is 30.6 Å². The van der Waals surface area contributed by atoms with Gasteiger partial charge < -0.3 is 4.74 Å². The van der Waals surface area contributed by atoms with Crippen LogP contribution in [0.1, 0.15) is 72.6 Å². The van der Waals surface area contributed by atoms with Crippen LogP contribution in [0.5, 0.6) is 0 Å². The Balaban J connectivity index is 1.75. The molecule has 0 aromatic carbocycles. The Morgan fingerprint density at radius 2 is 1.79 bits per heavy atom. The molecule has 0 spiro atoms. The average Bonchev–Trinajstić information content (AvgIpc) is 2.90. The van der Waals surface area contributed by atoms with E-state index < -0.39 is 5.60 Å². The molecule has 4 aliphatic carbocycles. The van der Waals surface area contributed by atoms with E-state index in [4.69, 9.17) is 4.74 Å². The van der Waals surface area contributed by atoms with Gasteiger partial charge in [0.15, 0.2) is 17.2 Å². The minimum absolute atomic E-state index is 0.00184. The first kappa shape index (κ1) is 19.6. The highest BCUT2D eigenvalue weighted by Gasteiger charge is 2.68. The minimum Gasteiger partial charge on any atom is -0.451 e. The molecule has 0 aliphatic heterocycles. The fourth-order valence-electron chi connectivity index (χ4n) is 7.63. The predicted octanol–water partition coefficient (Wildman–Crippen LogP) is 4.58. The van der Waals surface area contributed by atoms with E-state index in [-0.39, 0.29) is 28.4 Å². The van der Waals surface area contributed by atoms with Gasteiger partial charge in [0.2, 0.25) is 0 Å². The number of allylic oxidation sites excluding steroid dienone is 2. The Hall–Kier alpha value is -1.71. The lowest BCUT2D eigenvalue weighted by Gasteiger charge is -2.59. The Morgan fingerprint density at radius 3 is 2.43 bits per heavy atom. The van der Waals surface area contributed by atoms with Gasteiger partial charge in [-0.3, -0.25) is 14.4 Å². The molecule has 3 saturated carbocycles. The first-order valence-corrected chi connectivity index (χ1v) is 10.7. The van der Waals surface area contributed by atoms with Crippen LogP contribution in [-0.2, 0) is 19.1 Å². The first-order valence-electron chi connectivity index (χ1n) is 10.7. The smallest absolute Gasteiger partial charge is 0.303 e. The van der Waals surface area contributed by atoms with Crippen molar-refractivity contribution in [2.24, 2.45) is 28.6 Å². The van der Waals surface area contributed by atoms with Crippen LogP contribution >= 0.6 is 0 Å². The number of Topliss-reactive ketones (excluding diaryl/α,β-unsaturated/α-hetero) is 1. The molecule has 4 nitrogen and oxygen atoms in total. The second-order valence-electron chi connectivity index (χ2n) is 10.1. The third-order valence-corrected chi connectivity index (χ3v) is 8.94. The molecule has 0 aromatic heterocycles. The molecule has 0 bridgehead atoms. The van der Waals surface area contributed by atoms with Gasteiger partial charge in [-0.1, -0.05) is 26.0 Å². The number of carbonyl (C=O) groups excluding carboxylic acids is 3. The number of hydrogen-bond acceptors (Lipinski definition) is 4. The summed E-state index contributed by atoms with van der Waals surface area (Å²) >= 11 is 0. The maximum atomic E-state index is 12.8. The number of rotatable bonds is 2. The average molecular weight is 385 g/mol. The summed E-state index contributed by atoms with van der Waals surface area (Å²) in [4.78, 5) is 36.7. The Labute approximate surface area is 167 Å². The van der Waals surface area contributed by atoms with Crippen LogP contribution in [0.15, 0.2) is 23.8 Å². The van der Waals surface area contributed by atoms with Crippen LogP contribution in [0.3, 0.4) is 0 Å². The number of esters is 1. The summed E-state index contributed by atoms with van der Waals surface area (Å²) in [5.41, 5.74) is 0.944. The van der Waals surface area contributed by atoms with E-state index in [1.807, 2.05) is 6.08 Å². The summed E-state index contributed by atoms with van der Waals surface area (Å²) in [6.07, 6.45) is 7.66. The lowest BCUT2D eigenvalue weighted by atomic mass is 9.45. The number of ketones is 2. The van der Waals surface area contributed by atoms with Crippen LogP contribution in [0.2, 0.25) is 0 Å². The lowest BCUT2D eigenvalue weighted by Crippen LogP contribution is -2.58. The van der Waals surface area contributed by atoms with E-state index in [1.54, 1.807) is 6.92 Å². The van der Waals surface area contributed by atoms with E-state index in [0.717, 1.165) is 37.7 Å². The Morgan fingerprint density at radius 1 is 1.11 bits per heavy atom. The van der Waals surface area contributed by atoms with E-state index in [2.05, 4.69) is 20.4 Å². The zero-order valence-corrected chi connectivity index (χ0v) is 17.6. The Kier molecular flexibility index (Phi) is 4.30. The predicted molar refractivity (Wildman–Crippen MR) is 106 cm³/mol. The van der Waals surface area contributed by atoms with Crippen molar-refractivity contribution in [2.75, 3.05) is 0 Å². The van der Waals surface area contributed by atoms with Gasteiger partial charge in [-0.2, -0.15) is 0 Å². The summed E-state index contributed by atoms with van der Waals surface area (Å²) in [6, 6.07) is 0. The third kappa shape index (κ3) is 2.39. The summed E-state index contributed by atoms with van der Waals surface area (Å²) < 4.78 is 5.82. The molecule has 4 heteroatoms. The van der Waals surface area contributed by atoms with Gasteiger partial charge in [0.25, 0.3) is 0 Å². The van der Waals surface area contributed by atoms with Gasteiger partial charge in [-0.15, -0.1) is 0 Å². The molecule has 0 aromatic rings. The van der Waals surface area contributed by atoms with Gasteiger partial charge in [0.05, 0.1) is 0 Å². The number of ether oxygens (including phenoxy) is 1. The molecule has 0 amide bonds. The normalized spacial score (nSPS) is 44.9. The zero-order chi connectivity index (χ0) is 20.5. The van der Waals surface area contributed by atoms with Crippen LogP contribution in [-0.4, -0.2) is 23.1 Å². The minimum atomic E-state index is -0.991. The van der Waals surface area contributed by atoms with Crippen molar-refractivity contribution in [2.45, 2.75) is 78.2 Å². The molecular weight excluding hydrogens is 352 g/mol. The topological polar surface area (TPSA) is 60.4 Å². The molecular formula is C24H32O4. The standard InChI is InChI=1S/C24H32O4/c1-14-12-18-19(22(4)9-6-17(27)13-21(14)22)7-10-23(5)20(18)8-11-24(23,15(2)25)28-16(3)26/h13,18-20H,1,6-12H2,2-5H3/t18-,19-,20-,22+,23-,24-/m0/s1. The van der Waals surface area contributed by atoms with Crippen molar-refractivity contribution in [3.63, 3.8) is 0 Å². The molecule has 0 unspecified atom stereocenters. The van der Waals surface area contributed by atoms with Crippen molar-refractivity contribution in [1.29, 1.82) is 0 Å². The highest BCUT2D eigenvalue weighted by Crippen LogP contribution is 2.68. The van der Waals surface area contributed by atoms with Gasteiger partial charge in [0.1, 0.15) is 0 Å². The fourth-order valence-corrected chi connectivity index (χ4v) is 7.63. The second kappa shape index (κ2) is 6.14. The molecule has 6 atom stereocenters. The summed E-state index contributed by atoms with van der Waals surface area (Å²) in [5, 5.41) is 0. The molecule has 0 radical (unpaired) electrons. The zero-order valence-electron chi connectivity index (χ0n) is 17.6. The SMILES string of the molecule is C=C1C[C@H]2[C@H](CC[C@@]3(C)[C@H]2CC[C@]3(OC(C)=O)C(C)=O)[C@@]2(C)CCC(=O)C=C12. The van der Waals surface area contributed by atoms with Crippen LogP contribution in [0.4, 0.5) is 0 Å². The largest absolute Gasteiger partial charge is 0.451 e. The van der Waals surface area contributed by atoms with Crippen LogP contribution in [0, 0.1) is 28.6 Å². The maximum Gasteiger partial charge on any atom is 0.303 e. The summed E-state index contributed by atoms with van der Waals surface area (Å²) in [6.45, 7) is 11.8. The number of carbonyl (C=O) groups is 3. The van der Waals surface area contributed by atoms with Gasteiger partial charge >= 0.3 is 5.97 Å². The molecule has 0 heterocycles. The molecule has 28 heavy (non-hydrogen) atoms. The first-order chi connectivity index (χ1) is 13.0. The van der Waals surface area contributed by atoms with Gasteiger partial charge in [-0.25, -0.2) is 0 Å². The van der Waals surface area contributed by atoms with Crippen LogP contribution in [0.25, 0.3) is 0 Å². The monoisotopic (exact) mass is 384 g/mol. The number of fused-ring (bicyclic) bond motifs is 5. The molecule has 0 N–H and O–H groups in total. The highest BCUT2D eigenvalue weighted by atomic mass is 16.6. The van der Waals surface area contributed by atoms with E-state index in [9.17, 15) is 14.4 Å². The molecule has 152 valence electrons. The van der Waals surface area contributed by atoms with E-state index >= 15 is 0 Å². The van der Waals surface area contributed by atoms with Crippen LogP contribution < -0.4 is 0 Å². The maximum absolute atomic E-state index is 12.8. The highest BCUT2D eigenvalue weighted by molar-refractivity contribution is 5.92. The Bertz CT molecular complexity index is 807. The lowest BCUT2D eigenvalue weighted by molar-refractivity contribution is -0.186. The fraction of sp³-hybridized carbons (Fsp3) is 0.708. The van der Waals surface area contributed by atoms with Crippen molar-refractivity contribution < 1.29 is 19.1 Å².